The van der Waals surface area contributed by atoms with Gasteiger partial charge in [0.05, 0.1) is 12.1 Å². The summed E-state index contributed by atoms with van der Waals surface area (Å²) in [6.45, 7) is 2.92. The van der Waals surface area contributed by atoms with Crippen molar-refractivity contribution in [2.45, 2.75) is 57.6 Å². The van der Waals surface area contributed by atoms with Gasteiger partial charge in [-0.05, 0) is 50.2 Å². The average molecular weight is 297 g/mol. The first kappa shape index (κ1) is 13.9. The highest BCUT2D eigenvalue weighted by molar-refractivity contribution is 5.32. The zero-order chi connectivity index (χ0) is 14.9. The number of ether oxygens (including phenoxy) is 1. The van der Waals surface area contributed by atoms with Crippen LogP contribution < -0.4 is 0 Å². The van der Waals surface area contributed by atoms with Gasteiger partial charge in [-0.2, -0.15) is 5.10 Å². The molecule has 0 amide bonds. The first-order chi connectivity index (χ1) is 10.8. The largest absolute Gasteiger partial charge is 0.378 e. The van der Waals surface area contributed by atoms with Gasteiger partial charge >= 0.3 is 0 Å². The molecule has 2 heterocycles. The molecule has 2 aliphatic rings. The fraction of sp³-hybridized carbons (Fsp3) is 0.556. The predicted octanol–water partition coefficient (Wildman–Crippen LogP) is 3.04. The summed E-state index contributed by atoms with van der Waals surface area (Å²) < 4.78 is 7.92. The SMILES string of the molecule is Cc1nc(CCC2CCCO2)n(C2Cc3ccccc3C2)n1. The van der Waals surface area contributed by atoms with Crippen LogP contribution in [0.1, 0.15) is 48.1 Å². The maximum Gasteiger partial charge on any atom is 0.147 e. The van der Waals surface area contributed by atoms with E-state index in [2.05, 4.69) is 39.0 Å². The molecule has 1 saturated heterocycles. The normalized spacial score (nSPS) is 21.4. The Morgan fingerprint density at radius 2 is 2.00 bits per heavy atom. The van der Waals surface area contributed by atoms with E-state index in [-0.39, 0.29) is 0 Å². The Morgan fingerprint density at radius 1 is 1.23 bits per heavy atom. The van der Waals surface area contributed by atoms with Crippen molar-refractivity contribution in [2.75, 3.05) is 6.61 Å². The van der Waals surface area contributed by atoms with Crippen LogP contribution in [0, 0.1) is 6.92 Å². The quantitative estimate of drug-likeness (QED) is 0.871. The Labute approximate surface area is 131 Å². The van der Waals surface area contributed by atoms with Gasteiger partial charge in [0, 0.05) is 13.0 Å². The second kappa shape index (κ2) is 5.84. The highest BCUT2D eigenvalue weighted by Crippen LogP contribution is 2.30. The summed E-state index contributed by atoms with van der Waals surface area (Å²) in [5.41, 5.74) is 2.93. The number of nitrogens with zero attached hydrogens (tertiary/aromatic N) is 3. The van der Waals surface area contributed by atoms with Gasteiger partial charge in [0.1, 0.15) is 11.6 Å². The van der Waals surface area contributed by atoms with E-state index >= 15 is 0 Å². The van der Waals surface area contributed by atoms with Crippen LogP contribution in [0.5, 0.6) is 0 Å². The van der Waals surface area contributed by atoms with Crippen LogP contribution in [0.15, 0.2) is 24.3 Å². The van der Waals surface area contributed by atoms with E-state index in [9.17, 15) is 0 Å². The van der Waals surface area contributed by atoms with E-state index < -0.39 is 0 Å². The second-order valence-electron chi connectivity index (χ2n) is 6.52. The third-order valence-electron chi connectivity index (χ3n) is 4.90. The Hall–Kier alpha value is -1.68. The summed E-state index contributed by atoms with van der Waals surface area (Å²) in [5.74, 6) is 2.02. The monoisotopic (exact) mass is 297 g/mol. The molecule has 1 atom stereocenters. The first-order valence-corrected chi connectivity index (χ1v) is 8.40. The molecule has 0 N–H and O–H groups in total. The highest BCUT2D eigenvalue weighted by atomic mass is 16.5. The van der Waals surface area contributed by atoms with E-state index in [1.54, 1.807) is 0 Å². The van der Waals surface area contributed by atoms with Gasteiger partial charge in [-0.15, -0.1) is 0 Å². The van der Waals surface area contributed by atoms with Crippen molar-refractivity contribution < 1.29 is 4.74 Å². The third kappa shape index (κ3) is 2.68. The van der Waals surface area contributed by atoms with Crippen LogP contribution in [0.25, 0.3) is 0 Å². The van der Waals surface area contributed by atoms with Crippen LogP contribution in [0.4, 0.5) is 0 Å². The van der Waals surface area contributed by atoms with Gasteiger partial charge in [0.2, 0.25) is 0 Å². The van der Waals surface area contributed by atoms with Gasteiger partial charge in [0.25, 0.3) is 0 Å². The van der Waals surface area contributed by atoms with E-state index in [1.807, 2.05) is 6.92 Å². The number of aryl methyl sites for hydroxylation is 2. The molecular weight excluding hydrogens is 274 g/mol. The molecule has 1 unspecified atom stereocenters. The molecule has 0 bridgehead atoms. The minimum atomic E-state index is 0.422. The molecule has 1 aliphatic heterocycles. The number of fused-ring (bicyclic) bond motifs is 1. The molecule has 0 spiro atoms. The van der Waals surface area contributed by atoms with Crippen LogP contribution in [-0.4, -0.2) is 27.5 Å². The van der Waals surface area contributed by atoms with Gasteiger partial charge in [-0.1, -0.05) is 24.3 Å². The van der Waals surface area contributed by atoms with Crippen molar-refractivity contribution >= 4 is 0 Å². The molecule has 22 heavy (non-hydrogen) atoms. The first-order valence-electron chi connectivity index (χ1n) is 8.40. The van der Waals surface area contributed by atoms with E-state index in [0.717, 1.165) is 43.9 Å². The Bertz CT molecular complexity index is 633. The Balaban J connectivity index is 1.50. The third-order valence-corrected chi connectivity index (χ3v) is 4.90. The molecule has 1 aliphatic carbocycles. The van der Waals surface area contributed by atoms with Gasteiger partial charge in [-0.3, -0.25) is 0 Å². The standard InChI is InChI=1S/C18H23N3O/c1-13-19-18(9-8-17-7-4-10-22-17)21(20-13)16-11-14-5-2-3-6-15(14)12-16/h2-3,5-6,16-17H,4,7-12H2,1H3. The number of aromatic nitrogens is 3. The average Bonchev–Trinajstić information content (AvgIpc) is 3.23. The van der Waals surface area contributed by atoms with Crippen molar-refractivity contribution in [1.29, 1.82) is 0 Å². The van der Waals surface area contributed by atoms with Gasteiger partial charge in [-0.25, -0.2) is 9.67 Å². The minimum Gasteiger partial charge on any atom is -0.378 e. The minimum absolute atomic E-state index is 0.422. The fourth-order valence-electron chi connectivity index (χ4n) is 3.81. The molecule has 2 aromatic rings. The molecule has 4 nitrogen and oxygen atoms in total. The molecule has 116 valence electrons. The zero-order valence-electron chi connectivity index (χ0n) is 13.2. The Morgan fingerprint density at radius 3 is 2.68 bits per heavy atom. The maximum atomic E-state index is 5.74. The lowest BCUT2D eigenvalue weighted by atomic mass is 10.1. The number of hydrogen-bond donors (Lipinski definition) is 0. The molecule has 4 rings (SSSR count). The number of rotatable bonds is 4. The van der Waals surface area contributed by atoms with Crippen molar-refractivity contribution in [3.05, 3.63) is 47.0 Å². The number of hydrogen-bond acceptors (Lipinski definition) is 3. The molecule has 1 aromatic heterocycles. The van der Waals surface area contributed by atoms with Crippen LogP contribution in [0.3, 0.4) is 0 Å². The number of benzene rings is 1. The van der Waals surface area contributed by atoms with E-state index in [0.29, 0.717) is 12.1 Å². The molecule has 0 saturated carbocycles. The fourth-order valence-corrected chi connectivity index (χ4v) is 3.81. The molecule has 1 fully saturated rings. The summed E-state index contributed by atoms with van der Waals surface area (Å²) in [7, 11) is 0. The molecule has 4 heteroatoms. The predicted molar refractivity (Wildman–Crippen MR) is 84.9 cm³/mol. The molecule has 0 radical (unpaired) electrons. The van der Waals surface area contributed by atoms with Crippen molar-refractivity contribution in [1.82, 2.24) is 14.8 Å². The van der Waals surface area contributed by atoms with Crippen molar-refractivity contribution in [3.8, 4) is 0 Å². The Kier molecular flexibility index (Phi) is 3.70. The summed E-state index contributed by atoms with van der Waals surface area (Å²) in [6.07, 6.45) is 7.01. The van der Waals surface area contributed by atoms with Crippen molar-refractivity contribution in [2.24, 2.45) is 0 Å². The van der Waals surface area contributed by atoms with E-state index in [1.165, 1.54) is 24.0 Å². The molecular formula is C18H23N3O. The topological polar surface area (TPSA) is 39.9 Å². The maximum absolute atomic E-state index is 5.74. The second-order valence-corrected chi connectivity index (χ2v) is 6.52. The van der Waals surface area contributed by atoms with Gasteiger partial charge < -0.3 is 4.74 Å². The summed E-state index contributed by atoms with van der Waals surface area (Å²) in [5, 5.41) is 4.69. The van der Waals surface area contributed by atoms with Crippen molar-refractivity contribution in [3.63, 3.8) is 0 Å². The lowest BCUT2D eigenvalue weighted by Crippen LogP contribution is -2.16. The highest BCUT2D eigenvalue weighted by Gasteiger charge is 2.26. The summed E-state index contributed by atoms with van der Waals surface area (Å²) >= 11 is 0. The van der Waals surface area contributed by atoms with Crippen LogP contribution >= 0.6 is 0 Å². The van der Waals surface area contributed by atoms with Crippen LogP contribution in [-0.2, 0) is 24.0 Å². The lowest BCUT2D eigenvalue weighted by Gasteiger charge is -2.14. The molecule has 1 aromatic carbocycles. The van der Waals surface area contributed by atoms with Crippen LogP contribution in [0.2, 0.25) is 0 Å². The summed E-state index contributed by atoms with van der Waals surface area (Å²) in [6, 6.07) is 9.17. The van der Waals surface area contributed by atoms with Gasteiger partial charge in [0.15, 0.2) is 0 Å². The smallest absolute Gasteiger partial charge is 0.147 e. The summed E-state index contributed by atoms with van der Waals surface area (Å²) in [4.78, 5) is 4.68. The van der Waals surface area contributed by atoms with E-state index in [4.69, 9.17) is 4.74 Å². The zero-order valence-corrected chi connectivity index (χ0v) is 13.2. The lowest BCUT2D eigenvalue weighted by molar-refractivity contribution is 0.103.